The van der Waals surface area contributed by atoms with Crippen molar-refractivity contribution in [3.63, 3.8) is 0 Å². The van der Waals surface area contributed by atoms with Gasteiger partial charge in [-0.3, -0.25) is 0 Å². The van der Waals surface area contributed by atoms with E-state index in [-0.39, 0.29) is 5.63 Å². The van der Waals surface area contributed by atoms with Gasteiger partial charge in [0.05, 0.1) is 0 Å². The fourth-order valence-corrected chi connectivity index (χ4v) is 3.57. The van der Waals surface area contributed by atoms with Gasteiger partial charge in [-0.05, 0) is 66.8 Å². The molecule has 6 nitrogen and oxygen atoms in total. The lowest BCUT2D eigenvalue weighted by Crippen LogP contribution is -2.04. The lowest BCUT2D eigenvalue weighted by Gasteiger charge is -2.10. The van der Waals surface area contributed by atoms with E-state index in [0.717, 1.165) is 35.8 Å². The van der Waals surface area contributed by atoms with Gasteiger partial charge >= 0.3 is 5.63 Å². The molecule has 4 aromatic rings. The SMILES string of the molecule is O=c1cc(COc2ccc(-c3nnco3)cc2)c2cc3c(cc2o1)CCC3. The number of hydrogen-bond acceptors (Lipinski definition) is 6. The zero-order valence-corrected chi connectivity index (χ0v) is 14.5. The molecule has 5 rings (SSSR count). The molecule has 0 aliphatic heterocycles. The van der Waals surface area contributed by atoms with E-state index in [1.165, 1.54) is 23.6 Å². The Labute approximate surface area is 154 Å². The normalized spacial score (nSPS) is 13.0. The standard InChI is InChI=1S/C21H16N2O4/c24-20-10-16(18-8-14-2-1-3-15(14)9-19(18)27-20)11-25-17-6-4-13(5-7-17)21-23-22-12-26-21/h4-10,12H,1-3,11H2. The van der Waals surface area contributed by atoms with Gasteiger partial charge in [0, 0.05) is 22.6 Å². The van der Waals surface area contributed by atoms with Crippen LogP contribution >= 0.6 is 0 Å². The van der Waals surface area contributed by atoms with Crippen molar-refractivity contribution in [3.8, 4) is 17.2 Å². The van der Waals surface area contributed by atoms with Crippen LogP contribution < -0.4 is 10.4 Å². The second-order valence-electron chi connectivity index (χ2n) is 6.62. The van der Waals surface area contributed by atoms with Gasteiger partial charge in [0.25, 0.3) is 0 Å². The smallest absolute Gasteiger partial charge is 0.336 e. The minimum atomic E-state index is -0.356. The summed E-state index contributed by atoms with van der Waals surface area (Å²) in [6, 6.07) is 13.0. The second-order valence-corrected chi connectivity index (χ2v) is 6.62. The molecule has 2 aromatic carbocycles. The largest absolute Gasteiger partial charge is 0.489 e. The Morgan fingerprint density at radius 3 is 2.63 bits per heavy atom. The van der Waals surface area contributed by atoms with E-state index in [4.69, 9.17) is 13.6 Å². The summed E-state index contributed by atoms with van der Waals surface area (Å²) in [7, 11) is 0. The van der Waals surface area contributed by atoms with Crippen molar-refractivity contribution in [2.24, 2.45) is 0 Å². The first-order chi connectivity index (χ1) is 13.3. The minimum Gasteiger partial charge on any atom is -0.489 e. The van der Waals surface area contributed by atoms with Crippen molar-refractivity contribution >= 4 is 11.0 Å². The van der Waals surface area contributed by atoms with Gasteiger partial charge in [0.2, 0.25) is 12.3 Å². The molecule has 0 radical (unpaired) electrons. The van der Waals surface area contributed by atoms with Crippen LogP contribution in [0, 0.1) is 0 Å². The summed E-state index contributed by atoms with van der Waals surface area (Å²) < 4.78 is 16.5. The first-order valence-corrected chi connectivity index (χ1v) is 8.84. The average Bonchev–Trinajstić information content (AvgIpc) is 3.36. The Hall–Kier alpha value is -3.41. The van der Waals surface area contributed by atoms with Crippen LogP contribution in [0.1, 0.15) is 23.1 Å². The summed E-state index contributed by atoms with van der Waals surface area (Å²) in [4.78, 5) is 11.9. The summed E-state index contributed by atoms with van der Waals surface area (Å²) in [5.41, 5.74) is 4.54. The topological polar surface area (TPSA) is 78.4 Å². The number of ether oxygens (including phenoxy) is 1. The van der Waals surface area contributed by atoms with Crippen LogP contribution in [0.5, 0.6) is 5.75 Å². The first kappa shape index (κ1) is 15.8. The molecule has 0 N–H and O–H groups in total. The predicted molar refractivity (Wildman–Crippen MR) is 98.6 cm³/mol. The maximum Gasteiger partial charge on any atom is 0.336 e. The highest BCUT2D eigenvalue weighted by Gasteiger charge is 2.15. The van der Waals surface area contributed by atoms with Crippen LogP contribution in [0.3, 0.4) is 0 Å². The summed E-state index contributed by atoms with van der Waals surface area (Å²) in [6.07, 6.45) is 4.56. The van der Waals surface area contributed by atoms with Crippen molar-refractivity contribution < 1.29 is 13.6 Å². The van der Waals surface area contributed by atoms with E-state index in [0.29, 0.717) is 23.8 Å². The van der Waals surface area contributed by atoms with Crippen LogP contribution in [0.25, 0.3) is 22.4 Å². The third-order valence-electron chi connectivity index (χ3n) is 4.90. The van der Waals surface area contributed by atoms with Crippen LogP contribution in [0.2, 0.25) is 0 Å². The third-order valence-corrected chi connectivity index (χ3v) is 4.90. The van der Waals surface area contributed by atoms with Gasteiger partial charge in [-0.25, -0.2) is 4.79 Å². The van der Waals surface area contributed by atoms with E-state index in [2.05, 4.69) is 16.3 Å². The van der Waals surface area contributed by atoms with E-state index in [1.807, 2.05) is 30.3 Å². The van der Waals surface area contributed by atoms with Gasteiger partial charge < -0.3 is 13.6 Å². The molecular weight excluding hydrogens is 344 g/mol. The molecule has 6 heteroatoms. The highest BCUT2D eigenvalue weighted by molar-refractivity contribution is 5.82. The van der Waals surface area contributed by atoms with E-state index < -0.39 is 0 Å². The Morgan fingerprint density at radius 1 is 1.04 bits per heavy atom. The fraction of sp³-hybridized carbons (Fsp3) is 0.190. The monoisotopic (exact) mass is 360 g/mol. The summed E-state index contributed by atoms with van der Waals surface area (Å²) >= 11 is 0. The fourth-order valence-electron chi connectivity index (χ4n) is 3.57. The van der Waals surface area contributed by atoms with Gasteiger partial charge in [-0.1, -0.05) is 0 Å². The van der Waals surface area contributed by atoms with E-state index in [1.54, 1.807) is 0 Å². The molecule has 1 aliphatic rings. The number of aromatic nitrogens is 2. The molecule has 0 bridgehead atoms. The Balaban J connectivity index is 1.42. The number of aryl methyl sites for hydroxylation is 2. The number of rotatable bonds is 4. The molecular formula is C21H16N2O4. The highest BCUT2D eigenvalue weighted by atomic mass is 16.5. The molecule has 27 heavy (non-hydrogen) atoms. The molecule has 1 aliphatic carbocycles. The van der Waals surface area contributed by atoms with Crippen LogP contribution in [0.4, 0.5) is 0 Å². The lowest BCUT2D eigenvalue weighted by atomic mass is 10.0. The maximum absolute atomic E-state index is 11.9. The lowest BCUT2D eigenvalue weighted by molar-refractivity contribution is 0.306. The van der Waals surface area contributed by atoms with Crippen molar-refractivity contribution in [1.29, 1.82) is 0 Å². The molecule has 134 valence electrons. The van der Waals surface area contributed by atoms with Gasteiger partial charge in [0.1, 0.15) is 17.9 Å². The summed E-state index contributed by atoms with van der Waals surface area (Å²) in [5.74, 6) is 1.16. The molecule has 0 spiro atoms. The molecule has 0 fully saturated rings. The summed E-state index contributed by atoms with van der Waals surface area (Å²) in [6.45, 7) is 0.292. The van der Waals surface area contributed by atoms with Gasteiger partial charge in [-0.2, -0.15) is 0 Å². The van der Waals surface area contributed by atoms with Gasteiger partial charge in [-0.15, -0.1) is 10.2 Å². The predicted octanol–water partition coefficient (Wildman–Crippen LogP) is 3.91. The van der Waals surface area contributed by atoms with Crippen LogP contribution in [-0.2, 0) is 19.4 Å². The van der Waals surface area contributed by atoms with Crippen LogP contribution in [0.15, 0.2) is 62.5 Å². The molecule has 2 aromatic heterocycles. The number of benzene rings is 2. The zero-order valence-electron chi connectivity index (χ0n) is 14.5. The average molecular weight is 360 g/mol. The van der Waals surface area contributed by atoms with E-state index in [9.17, 15) is 4.79 Å². The minimum absolute atomic E-state index is 0.292. The molecule has 0 unspecified atom stereocenters. The molecule has 0 amide bonds. The Bertz CT molecular complexity index is 1160. The first-order valence-electron chi connectivity index (χ1n) is 8.84. The molecule has 0 saturated carbocycles. The second kappa shape index (κ2) is 6.39. The third kappa shape index (κ3) is 2.99. The summed E-state index contributed by atoms with van der Waals surface area (Å²) in [5, 5.41) is 8.49. The molecule has 0 atom stereocenters. The van der Waals surface area contributed by atoms with Crippen molar-refractivity contribution in [3.05, 3.63) is 76.0 Å². The molecule has 2 heterocycles. The zero-order chi connectivity index (χ0) is 18.2. The van der Waals surface area contributed by atoms with Crippen molar-refractivity contribution in [2.75, 3.05) is 0 Å². The molecule has 0 saturated heterocycles. The Morgan fingerprint density at radius 2 is 1.85 bits per heavy atom. The quantitative estimate of drug-likeness (QED) is 0.514. The van der Waals surface area contributed by atoms with Gasteiger partial charge in [0.15, 0.2) is 0 Å². The maximum atomic E-state index is 11.9. The Kier molecular flexibility index (Phi) is 3.74. The number of nitrogens with zero attached hydrogens (tertiary/aromatic N) is 2. The van der Waals surface area contributed by atoms with Crippen molar-refractivity contribution in [1.82, 2.24) is 10.2 Å². The van der Waals surface area contributed by atoms with Crippen molar-refractivity contribution in [2.45, 2.75) is 25.9 Å². The number of fused-ring (bicyclic) bond motifs is 2. The number of hydrogen-bond donors (Lipinski definition) is 0. The highest BCUT2D eigenvalue weighted by Crippen LogP contribution is 2.29. The van der Waals surface area contributed by atoms with E-state index >= 15 is 0 Å². The van der Waals surface area contributed by atoms with Crippen LogP contribution in [-0.4, -0.2) is 10.2 Å².